The van der Waals surface area contributed by atoms with Crippen LogP contribution in [0, 0.1) is 0 Å². The van der Waals surface area contributed by atoms with Crippen LogP contribution in [-0.2, 0) is 0 Å². The summed E-state index contributed by atoms with van der Waals surface area (Å²) in [6.07, 6.45) is 1.27. The summed E-state index contributed by atoms with van der Waals surface area (Å²) in [4.78, 5) is 0. The number of hydrogen-bond donors (Lipinski definition) is 1. The smallest absolute Gasteiger partial charge is 0.0227 e. The fourth-order valence-corrected chi connectivity index (χ4v) is 1.20. The van der Waals surface area contributed by atoms with Crippen LogP contribution < -0.4 is 5.43 Å². The van der Waals surface area contributed by atoms with Crippen LogP contribution in [-0.4, -0.2) is 24.1 Å². The van der Waals surface area contributed by atoms with Gasteiger partial charge in [0.05, 0.1) is 0 Å². The first-order valence-corrected chi connectivity index (χ1v) is 3.19. The highest BCUT2D eigenvalue weighted by Crippen LogP contribution is 2.09. The fraction of sp³-hybridized carbons (Fsp3) is 1.00. The van der Waals surface area contributed by atoms with Crippen LogP contribution in [0.4, 0.5) is 0 Å². The zero-order valence-electron chi connectivity index (χ0n) is 5.81. The monoisotopic (exact) mass is 114 g/mol. The zero-order valence-corrected chi connectivity index (χ0v) is 5.81. The Bertz CT molecular complexity index is 72.6. The first kappa shape index (κ1) is 6.05. The van der Waals surface area contributed by atoms with Crippen molar-refractivity contribution < 1.29 is 0 Å². The van der Waals surface area contributed by atoms with E-state index in [4.69, 9.17) is 0 Å². The molecule has 2 atom stereocenters. The third kappa shape index (κ3) is 1.01. The van der Waals surface area contributed by atoms with E-state index in [0.29, 0.717) is 12.1 Å². The quantitative estimate of drug-likeness (QED) is 0.496. The molecule has 0 aliphatic carbocycles. The second kappa shape index (κ2) is 2.03. The molecular formula is C6H14N2. The average molecular weight is 114 g/mol. The minimum atomic E-state index is 0.676. The molecule has 1 aliphatic heterocycles. The molecule has 0 aromatic heterocycles. The van der Waals surface area contributed by atoms with Crippen LogP contribution in [0.25, 0.3) is 0 Å². The molecule has 2 unspecified atom stereocenters. The average Bonchev–Trinajstić information content (AvgIpc) is 1.85. The van der Waals surface area contributed by atoms with E-state index in [1.807, 2.05) is 0 Å². The number of hydrogen-bond acceptors (Lipinski definition) is 2. The Morgan fingerprint density at radius 2 is 2.12 bits per heavy atom. The maximum atomic E-state index is 3.30. The largest absolute Gasteiger partial charge is 0.252 e. The summed E-state index contributed by atoms with van der Waals surface area (Å²) in [5, 5.41) is 2.17. The molecule has 1 heterocycles. The zero-order chi connectivity index (χ0) is 6.15. The van der Waals surface area contributed by atoms with E-state index < -0.39 is 0 Å². The Hall–Kier alpha value is -0.0800. The van der Waals surface area contributed by atoms with Crippen LogP contribution in [0.5, 0.6) is 0 Å². The van der Waals surface area contributed by atoms with Gasteiger partial charge in [0.2, 0.25) is 0 Å². The van der Waals surface area contributed by atoms with Crippen molar-refractivity contribution in [2.45, 2.75) is 32.4 Å². The van der Waals surface area contributed by atoms with Gasteiger partial charge in [-0.2, -0.15) is 0 Å². The second-order valence-corrected chi connectivity index (χ2v) is 2.73. The summed E-state index contributed by atoms with van der Waals surface area (Å²) in [6, 6.07) is 1.39. The van der Waals surface area contributed by atoms with Gasteiger partial charge >= 0.3 is 0 Å². The molecule has 1 rings (SSSR count). The molecule has 0 radical (unpaired) electrons. The Labute approximate surface area is 50.8 Å². The van der Waals surface area contributed by atoms with Gasteiger partial charge < -0.3 is 0 Å². The van der Waals surface area contributed by atoms with Crippen molar-refractivity contribution in [1.82, 2.24) is 10.4 Å². The first-order valence-electron chi connectivity index (χ1n) is 3.19. The lowest BCUT2D eigenvalue weighted by Gasteiger charge is -2.12. The van der Waals surface area contributed by atoms with Crippen LogP contribution in [0.2, 0.25) is 0 Å². The Balaban J connectivity index is 2.39. The minimum Gasteiger partial charge on any atom is -0.252 e. The van der Waals surface area contributed by atoms with Gasteiger partial charge in [-0.15, -0.1) is 0 Å². The van der Waals surface area contributed by atoms with E-state index in [2.05, 4.69) is 31.3 Å². The Morgan fingerprint density at radius 3 is 2.25 bits per heavy atom. The lowest BCUT2D eigenvalue weighted by molar-refractivity contribution is 0.241. The highest BCUT2D eigenvalue weighted by atomic mass is 15.5. The topological polar surface area (TPSA) is 15.3 Å². The van der Waals surface area contributed by atoms with Crippen LogP contribution in [0.3, 0.4) is 0 Å². The molecule has 8 heavy (non-hydrogen) atoms. The molecule has 1 aliphatic rings. The molecule has 48 valence electrons. The maximum absolute atomic E-state index is 3.30. The highest BCUT2D eigenvalue weighted by molar-refractivity contribution is 4.75. The summed E-state index contributed by atoms with van der Waals surface area (Å²) in [5.41, 5.74) is 3.30. The molecule has 2 heteroatoms. The van der Waals surface area contributed by atoms with Crippen molar-refractivity contribution in [3.63, 3.8) is 0 Å². The first-order chi connectivity index (χ1) is 3.70. The fourth-order valence-electron chi connectivity index (χ4n) is 1.20. The molecule has 1 saturated heterocycles. The molecule has 0 saturated carbocycles. The number of nitrogens with one attached hydrogen (secondary N) is 1. The molecule has 1 N–H and O–H groups in total. The lowest BCUT2D eigenvalue weighted by atomic mass is 10.2. The van der Waals surface area contributed by atoms with Gasteiger partial charge in [-0.3, -0.25) is 5.43 Å². The normalized spacial score (nSPS) is 40.9. The predicted molar refractivity (Wildman–Crippen MR) is 34.4 cm³/mol. The van der Waals surface area contributed by atoms with E-state index in [9.17, 15) is 0 Å². The molecule has 0 aromatic carbocycles. The summed E-state index contributed by atoms with van der Waals surface area (Å²) in [7, 11) is 2.09. The van der Waals surface area contributed by atoms with Gasteiger partial charge in [0.1, 0.15) is 0 Å². The number of nitrogens with zero attached hydrogens (tertiary/aromatic N) is 1. The molecule has 0 amide bonds. The molecule has 0 aromatic rings. The van der Waals surface area contributed by atoms with Gasteiger partial charge in [0.25, 0.3) is 0 Å². The summed E-state index contributed by atoms with van der Waals surface area (Å²) >= 11 is 0. The van der Waals surface area contributed by atoms with Crippen LogP contribution >= 0.6 is 0 Å². The van der Waals surface area contributed by atoms with E-state index >= 15 is 0 Å². The molecule has 2 nitrogen and oxygen atoms in total. The van der Waals surface area contributed by atoms with Gasteiger partial charge in [0, 0.05) is 19.1 Å². The van der Waals surface area contributed by atoms with Crippen molar-refractivity contribution in [3.05, 3.63) is 0 Å². The van der Waals surface area contributed by atoms with E-state index in [0.717, 1.165) is 0 Å². The van der Waals surface area contributed by atoms with Crippen LogP contribution in [0.15, 0.2) is 0 Å². The summed E-state index contributed by atoms with van der Waals surface area (Å²) in [5.74, 6) is 0. The van der Waals surface area contributed by atoms with Gasteiger partial charge in [-0.25, -0.2) is 5.01 Å². The SMILES string of the molecule is CC1CC(C)N(C)N1. The van der Waals surface area contributed by atoms with Crippen molar-refractivity contribution in [3.8, 4) is 0 Å². The van der Waals surface area contributed by atoms with E-state index in [1.54, 1.807) is 0 Å². The lowest BCUT2D eigenvalue weighted by Crippen LogP contribution is -2.33. The van der Waals surface area contributed by atoms with Crippen LogP contribution in [0.1, 0.15) is 20.3 Å². The van der Waals surface area contributed by atoms with E-state index in [1.165, 1.54) is 6.42 Å². The minimum absolute atomic E-state index is 0.676. The molecule has 0 spiro atoms. The van der Waals surface area contributed by atoms with Crippen molar-refractivity contribution in [1.29, 1.82) is 0 Å². The standard InChI is InChI=1S/C6H14N2/c1-5-4-6(2)8(3)7-5/h5-7H,4H2,1-3H3. The van der Waals surface area contributed by atoms with E-state index in [-0.39, 0.29) is 0 Å². The predicted octanol–water partition coefficient (Wildman–Crippen LogP) is 0.603. The van der Waals surface area contributed by atoms with Crippen molar-refractivity contribution >= 4 is 0 Å². The number of hydrazine groups is 1. The van der Waals surface area contributed by atoms with Crippen molar-refractivity contribution in [2.75, 3.05) is 7.05 Å². The van der Waals surface area contributed by atoms with Crippen molar-refractivity contribution in [2.24, 2.45) is 0 Å². The maximum Gasteiger partial charge on any atom is 0.0227 e. The third-order valence-corrected chi connectivity index (χ3v) is 1.78. The second-order valence-electron chi connectivity index (χ2n) is 2.73. The Kier molecular flexibility index (Phi) is 1.54. The van der Waals surface area contributed by atoms with Gasteiger partial charge in [0.15, 0.2) is 0 Å². The molecule has 1 fully saturated rings. The third-order valence-electron chi connectivity index (χ3n) is 1.78. The Morgan fingerprint density at radius 1 is 1.50 bits per heavy atom. The molecular weight excluding hydrogens is 100 g/mol. The summed E-state index contributed by atoms with van der Waals surface area (Å²) in [6.45, 7) is 4.44. The van der Waals surface area contributed by atoms with Gasteiger partial charge in [-0.05, 0) is 20.3 Å². The molecule has 0 bridgehead atoms. The van der Waals surface area contributed by atoms with Gasteiger partial charge in [-0.1, -0.05) is 0 Å². The highest BCUT2D eigenvalue weighted by Gasteiger charge is 2.20. The summed E-state index contributed by atoms with van der Waals surface area (Å²) < 4.78 is 0. The number of rotatable bonds is 0.